The summed E-state index contributed by atoms with van der Waals surface area (Å²) in [6.45, 7) is 5.96. The number of anilines is 2. The minimum Gasteiger partial charge on any atom is -0.388 e. The van der Waals surface area contributed by atoms with E-state index in [4.69, 9.17) is 0 Å². The largest absolute Gasteiger partial charge is 0.388 e. The Balaban J connectivity index is 2.56. The van der Waals surface area contributed by atoms with E-state index in [1.165, 1.54) is 6.92 Å². The summed E-state index contributed by atoms with van der Waals surface area (Å²) in [5.41, 5.74) is 1.05. The standard InChI is InChI=1S/C14H22N2O2/c1-4-14(18,5-2)10-15-12-6-8-13(9-7-12)16-11(3)17/h6-9,15,18H,4-5,10H2,1-3H3,(H,16,17). The highest BCUT2D eigenvalue weighted by atomic mass is 16.3. The molecule has 1 aromatic carbocycles. The molecule has 0 spiro atoms. The molecule has 1 rings (SSSR count). The Morgan fingerprint density at radius 1 is 1.17 bits per heavy atom. The maximum absolute atomic E-state index is 10.9. The van der Waals surface area contributed by atoms with Crippen LogP contribution in [0.15, 0.2) is 24.3 Å². The first-order valence-electron chi connectivity index (χ1n) is 6.33. The Morgan fingerprint density at radius 3 is 2.11 bits per heavy atom. The average molecular weight is 250 g/mol. The zero-order chi connectivity index (χ0) is 13.6. The quantitative estimate of drug-likeness (QED) is 0.727. The molecule has 0 aliphatic rings. The maximum atomic E-state index is 10.9. The van der Waals surface area contributed by atoms with Crippen molar-refractivity contribution < 1.29 is 9.90 Å². The number of benzene rings is 1. The normalized spacial score (nSPS) is 11.1. The first kappa shape index (κ1) is 14.5. The van der Waals surface area contributed by atoms with Gasteiger partial charge in [-0.2, -0.15) is 0 Å². The zero-order valence-electron chi connectivity index (χ0n) is 11.3. The molecule has 3 N–H and O–H groups in total. The molecule has 0 unspecified atom stereocenters. The molecule has 4 nitrogen and oxygen atoms in total. The summed E-state index contributed by atoms with van der Waals surface area (Å²) in [5.74, 6) is -0.0814. The smallest absolute Gasteiger partial charge is 0.221 e. The van der Waals surface area contributed by atoms with Crippen molar-refractivity contribution in [1.82, 2.24) is 0 Å². The Bertz CT molecular complexity index is 383. The van der Waals surface area contributed by atoms with Crippen LogP contribution in [0.2, 0.25) is 0 Å². The minimum absolute atomic E-state index is 0.0814. The van der Waals surface area contributed by atoms with Crippen molar-refractivity contribution in [2.75, 3.05) is 17.2 Å². The molecule has 0 bridgehead atoms. The maximum Gasteiger partial charge on any atom is 0.221 e. The molecule has 0 aliphatic heterocycles. The van der Waals surface area contributed by atoms with Crippen LogP contribution in [-0.2, 0) is 4.79 Å². The van der Waals surface area contributed by atoms with Crippen molar-refractivity contribution in [2.24, 2.45) is 0 Å². The van der Waals surface area contributed by atoms with Gasteiger partial charge in [0.2, 0.25) is 5.91 Å². The molecule has 1 amide bonds. The monoisotopic (exact) mass is 250 g/mol. The molecular weight excluding hydrogens is 228 g/mol. The number of hydrogen-bond donors (Lipinski definition) is 3. The third-order valence-corrected chi connectivity index (χ3v) is 3.14. The molecule has 100 valence electrons. The molecule has 0 heterocycles. The van der Waals surface area contributed by atoms with E-state index < -0.39 is 5.60 Å². The van der Waals surface area contributed by atoms with Crippen LogP contribution >= 0.6 is 0 Å². The molecule has 4 heteroatoms. The van der Waals surface area contributed by atoms with Crippen molar-refractivity contribution in [3.63, 3.8) is 0 Å². The highest BCUT2D eigenvalue weighted by Gasteiger charge is 2.21. The number of carbonyl (C=O) groups is 1. The average Bonchev–Trinajstić information content (AvgIpc) is 2.37. The van der Waals surface area contributed by atoms with Crippen molar-refractivity contribution in [3.05, 3.63) is 24.3 Å². The topological polar surface area (TPSA) is 61.4 Å². The lowest BCUT2D eigenvalue weighted by molar-refractivity contribution is -0.114. The van der Waals surface area contributed by atoms with E-state index in [9.17, 15) is 9.90 Å². The molecular formula is C14H22N2O2. The summed E-state index contributed by atoms with van der Waals surface area (Å²) >= 11 is 0. The highest BCUT2D eigenvalue weighted by Crippen LogP contribution is 2.18. The van der Waals surface area contributed by atoms with Gasteiger partial charge < -0.3 is 15.7 Å². The third-order valence-electron chi connectivity index (χ3n) is 3.14. The van der Waals surface area contributed by atoms with Gasteiger partial charge in [-0.25, -0.2) is 0 Å². The Morgan fingerprint density at radius 2 is 1.67 bits per heavy atom. The molecule has 0 saturated carbocycles. The van der Waals surface area contributed by atoms with Gasteiger partial charge in [-0.3, -0.25) is 4.79 Å². The van der Waals surface area contributed by atoms with Gasteiger partial charge in [0.25, 0.3) is 0 Å². The molecule has 18 heavy (non-hydrogen) atoms. The van der Waals surface area contributed by atoms with Crippen molar-refractivity contribution >= 4 is 17.3 Å². The van der Waals surface area contributed by atoms with E-state index in [0.29, 0.717) is 6.54 Å². The summed E-state index contributed by atoms with van der Waals surface area (Å²) in [4.78, 5) is 10.9. The van der Waals surface area contributed by atoms with Crippen LogP contribution < -0.4 is 10.6 Å². The summed E-state index contributed by atoms with van der Waals surface area (Å²) < 4.78 is 0. The predicted molar refractivity (Wildman–Crippen MR) is 74.8 cm³/mol. The predicted octanol–water partition coefficient (Wildman–Crippen LogP) is 2.61. The van der Waals surface area contributed by atoms with Gasteiger partial charge in [0.15, 0.2) is 0 Å². The second-order valence-corrected chi connectivity index (χ2v) is 4.54. The van der Waals surface area contributed by atoms with Gasteiger partial charge in [-0.1, -0.05) is 13.8 Å². The molecule has 0 saturated heterocycles. The van der Waals surface area contributed by atoms with E-state index in [0.717, 1.165) is 24.2 Å². The first-order chi connectivity index (χ1) is 8.49. The highest BCUT2D eigenvalue weighted by molar-refractivity contribution is 5.88. The van der Waals surface area contributed by atoms with Crippen molar-refractivity contribution in [3.8, 4) is 0 Å². The van der Waals surface area contributed by atoms with Crippen LogP contribution in [0.4, 0.5) is 11.4 Å². The fourth-order valence-electron chi connectivity index (χ4n) is 1.64. The first-order valence-corrected chi connectivity index (χ1v) is 6.33. The molecule has 0 fully saturated rings. The molecule has 0 aromatic heterocycles. The van der Waals surface area contributed by atoms with E-state index in [1.54, 1.807) is 0 Å². The minimum atomic E-state index is -0.656. The van der Waals surface area contributed by atoms with Gasteiger partial charge in [-0.15, -0.1) is 0 Å². The second-order valence-electron chi connectivity index (χ2n) is 4.54. The lowest BCUT2D eigenvalue weighted by Crippen LogP contribution is -2.35. The number of amides is 1. The lowest BCUT2D eigenvalue weighted by atomic mass is 9.97. The lowest BCUT2D eigenvalue weighted by Gasteiger charge is -2.26. The van der Waals surface area contributed by atoms with Crippen LogP contribution in [0.1, 0.15) is 33.6 Å². The number of rotatable bonds is 6. The fraction of sp³-hybridized carbons (Fsp3) is 0.500. The second kappa shape index (κ2) is 6.40. The van der Waals surface area contributed by atoms with Crippen LogP contribution in [0, 0.1) is 0 Å². The number of aliphatic hydroxyl groups is 1. The van der Waals surface area contributed by atoms with E-state index in [1.807, 2.05) is 38.1 Å². The van der Waals surface area contributed by atoms with Gasteiger partial charge in [0.05, 0.1) is 5.60 Å². The Kier molecular flexibility index (Phi) is 5.16. The summed E-state index contributed by atoms with van der Waals surface area (Å²) in [7, 11) is 0. The van der Waals surface area contributed by atoms with Gasteiger partial charge in [-0.05, 0) is 37.1 Å². The van der Waals surface area contributed by atoms with Crippen LogP contribution in [-0.4, -0.2) is 23.2 Å². The summed E-state index contributed by atoms with van der Waals surface area (Å²) in [6.07, 6.45) is 1.45. The van der Waals surface area contributed by atoms with E-state index >= 15 is 0 Å². The summed E-state index contributed by atoms with van der Waals surface area (Å²) in [5, 5.41) is 16.1. The Hall–Kier alpha value is -1.55. The SMILES string of the molecule is CCC(O)(CC)CNc1ccc(NC(C)=O)cc1. The van der Waals surface area contributed by atoms with Gasteiger partial charge in [0.1, 0.15) is 0 Å². The zero-order valence-corrected chi connectivity index (χ0v) is 11.3. The van der Waals surface area contributed by atoms with Crippen molar-refractivity contribution in [1.29, 1.82) is 0 Å². The fourth-order valence-corrected chi connectivity index (χ4v) is 1.64. The van der Waals surface area contributed by atoms with Crippen LogP contribution in [0.3, 0.4) is 0 Å². The van der Waals surface area contributed by atoms with Crippen LogP contribution in [0.25, 0.3) is 0 Å². The molecule has 0 atom stereocenters. The number of nitrogens with one attached hydrogen (secondary N) is 2. The van der Waals surface area contributed by atoms with E-state index in [-0.39, 0.29) is 5.91 Å². The third kappa shape index (κ3) is 4.37. The van der Waals surface area contributed by atoms with Gasteiger partial charge in [0, 0.05) is 24.8 Å². The van der Waals surface area contributed by atoms with Crippen molar-refractivity contribution in [2.45, 2.75) is 39.2 Å². The van der Waals surface area contributed by atoms with E-state index in [2.05, 4.69) is 10.6 Å². The van der Waals surface area contributed by atoms with Gasteiger partial charge >= 0.3 is 0 Å². The molecule has 0 radical (unpaired) electrons. The number of carbonyl (C=O) groups excluding carboxylic acids is 1. The molecule has 0 aliphatic carbocycles. The Labute approximate surface area is 108 Å². The van der Waals surface area contributed by atoms with Crippen LogP contribution in [0.5, 0.6) is 0 Å². The summed E-state index contributed by atoms with van der Waals surface area (Å²) in [6, 6.07) is 7.44. The molecule has 1 aromatic rings. The number of hydrogen-bond acceptors (Lipinski definition) is 3.